The zero-order valence-corrected chi connectivity index (χ0v) is 11.9. The smallest absolute Gasteiger partial charge is 0.220 e. The van der Waals surface area contributed by atoms with Crippen LogP contribution in [0.25, 0.3) is 0 Å². The first-order valence-corrected chi connectivity index (χ1v) is 7.34. The molecule has 0 radical (unpaired) electrons. The van der Waals surface area contributed by atoms with E-state index in [-0.39, 0.29) is 11.9 Å². The number of nitrogens with two attached hydrogens (primary N) is 1. The van der Waals surface area contributed by atoms with Crippen LogP contribution in [0.15, 0.2) is 29.2 Å². The normalized spacial score (nSPS) is 12.2. The second-order valence-electron chi connectivity index (χ2n) is 4.37. The average Bonchev–Trinajstić information content (AvgIpc) is 2.36. The Hall–Kier alpha value is -1.00. The largest absolute Gasteiger partial charge is 0.352 e. The molecule has 1 aromatic rings. The third-order valence-electron chi connectivity index (χ3n) is 2.55. The summed E-state index contributed by atoms with van der Waals surface area (Å²) in [6.45, 7) is 4.64. The van der Waals surface area contributed by atoms with E-state index in [9.17, 15) is 4.79 Å². The van der Waals surface area contributed by atoms with E-state index in [4.69, 9.17) is 5.73 Å². The second kappa shape index (κ2) is 8.16. The number of amides is 1. The van der Waals surface area contributed by atoms with E-state index in [1.165, 1.54) is 4.90 Å². The van der Waals surface area contributed by atoms with Gasteiger partial charge in [0.15, 0.2) is 0 Å². The predicted molar refractivity (Wildman–Crippen MR) is 77.6 cm³/mol. The zero-order chi connectivity index (χ0) is 13.4. The second-order valence-corrected chi connectivity index (χ2v) is 5.71. The fourth-order valence-electron chi connectivity index (χ4n) is 1.52. The highest BCUT2D eigenvalue weighted by atomic mass is 32.2. The first-order chi connectivity index (χ1) is 8.61. The number of nitrogens with one attached hydrogen (secondary N) is 1. The molecule has 0 saturated carbocycles. The Morgan fingerprint density at radius 3 is 2.61 bits per heavy atom. The molecule has 0 aliphatic rings. The number of benzene rings is 1. The summed E-state index contributed by atoms with van der Waals surface area (Å²) in [5.41, 5.74) is 6.74. The van der Waals surface area contributed by atoms with E-state index >= 15 is 0 Å². The lowest BCUT2D eigenvalue weighted by atomic mass is 10.2. The number of carbonyl (C=O) groups excluding carboxylic acids is 1. The van der Waals surface area contributed by atoms with Crippen molar-refractivity contribution in [1.82, 2.24) is 5.32 Å². The topological polar surface area (TPSA) is 55.1 Å². The average molecular weight is 266 g/mol. The molecule has 0 aromatic heterocycles. The number of hydrogen-bond donors (Lipinski definition) is 2. The maximum Gasteiger partial charge on any atom is 0.220 e. The molecule has 0 fully saturated rings. The Bertz CT molecular complexity index is 363. The summed E-state index contributed by atoms with van der Waals surface area (Å²) in [7, 11) is 0. The van der Waals surface area contributed by atoms with Gasteiger partial charge in [0.2, 0.25) is 5.91 Å². The Balaban J connectivity index is 2.32. The van der Waals surface area contributed by atoms with Crippen LogP contribution in [0.1, 0.15) is 32.3 Å². The van der Waals surface area contributed by atoms with Gasteiger partial charge in [0.1, 0.15) is 0 Å². The Kier molecular flexibility index (Phi) is 6.83. The van der Waals surface area contributed by atoms with Crippen molar-refractivity contribution in [2.75, 3.05) is 5.75 Å². The third-order valence-corrected chi connectivity index (χ3v) is 3.44. The van der Waals surface area contributed by atoms with Crippen molar-refractivity contribution >= 4 is 17.7 Å². The van der Waals surface area contributed by atoms with Crippen LogP contribution in [0, 0.1) is 0 Å². The predicted octanol–water partition coefficient (Wildman–Crippen LogP) is 2.54. The molecule has 1 aromatic carbocycles. The summed E-state index contributed by atoms with van der Waals surface area (Å²) >= 11 is 1.82. The van der Waals surface area contributed by atoms with E-state index in [1.807, 2.05) is 18.7 Å². The Morgan fingerprint density at radius 2 is 2.06 bits per heavy atom. The molecule has 1 unspecified atom stereocenters. The highest BCUT2D eigenvalue weighted by Gasteiger charge is 2.03. The van der Waals surface area contributed by atoms with E-state index in [0.29, 0.717) is 13.0 Å². The molecule has 1 amide bonds. The highest BCUT2D eigenvalue weighted by Crippen LogP contribution is 2.17. The molecule has 0 aliphatic carbocycles. The van der Waals surface area contributed by atoms with Gasteiger partial charge in [-0.15, -0.1) is 11.8 Å². The third kappa shape index (κ3) is 6.07. The highest BCUT2D eigenvalue weighted by molar-refractivity contribution is 7.99. The molecule has 1 rings (SSSR count). The fourth-order valence-corrected chi connectivity index (χ4v) is 2.18. The molecular weight excluding hydrogens is 244 g/mol. The fraction of sp³-hybridized carbons (Fsp3) is 0.500. The van der Waals surface area contributed by atoms with Crippen LogP contribution in [0.5, 0.6) is 0 Å². The number of hydrogen-bond acceptors (Lipinski definition) is 3. The van der Waals surface area contributed by atoms with E-state index in [0.717, 1.165) is 17.7 Å². The molecular formula is C14H22N2OS. The van der Waals surface area contributed by atoms with Crippen molar-refractivity contribution in [1.29, 1.82) is 0 Å². The van der Waals surface area contributed by atoms with Gasteiger partial charge in [-0.05, 0) is 36.8 Å². The SMILES string of the molecule is CCSc1ccc(CNC(=O)CCC(C)N)cc1. The minimum absolute atomic E-state index is 0.0688. The summed E-state index contributed by atoms with van der Waals surface area (Å²) < 4.78 is 0. The minimum atomic E-state index is 0.0688. The van der Waals surface area contributed by atoms with Gasteiger partial charge < -0.3 is 11.1 Å². The van der Waals surface area contributed by atoms with Gasteiger partial charge in [-0.3, -0.25) is 4.79 Å². The van der Waals surface area contributed by atoms with Gasteiger partial charge >= 0.3 is 0 Å². The molecule has 3 N–H and O–H groups in total. The van der Waals surface area contributed by atoms with Crippen molar-refractivity contribution < 1.29 is 4.79 Å². The summed E-state index contributed by atoms with van der Waals surface area (Å²) in [5.74, 6) is 1.15. The number of carbonyl (C=O) groups is 1. The Morgan fingerprint density at radius 1 is 1.39 bits per heavy atom. The molecule has 0 heterocycles. The summed E-state index contributed by atoms with van der Waals surface area (Å²) in [4.78, 5) is 12.8. The van der Waals surface area contributed by atoms with Crippen LogP contribution in [0.2, 0.25) is 0 Å². The summed E-state index contributed by atoms with van der Waals surface area (Å²) in [6.07, 6.45) is 1.24. The molecule has 0 aliphatic heterocycles. The van der Waals surface area contributed by atoms with Gasteiger partial charge in [0, 0.05) is 23.9 Å². The molecule has 1 atom stereocenters. The van der Waals surface area contributed by atoms with Crippen LogP contribution in [0.4, 0.5) is 0 Å². The lowest BCUT2D eigenvalue weighted by molar-refractivity contribution is -0.121. The van der Waals surface area contributed by atoms with E-state index in [1.54, 1.807) is 0 Å². The molecule has 0 spiro atoms. The minimum Gasteiger partial charge on any atom is -0.352 e. The van der Waals surface area contributed by atoms with Gasteiger partial charge in [0.25, 0.3) is 0 Å². The van der Waals surface area contributed by atoms with Crippen molar-refractivity contribution in [2.24, 2.45) is 5.73 Å². The van der Waals surface area contributed by atoms with Crippen molar-refractivity contribution in [3.63, 3.8) is 0 Å². The monoisotopic (exact) mass is 266 g/mol. The lowest BCUT2D eigenvalue weighted by Gasteiger charge is -2.07. The van der Waals surface area contributed by atoms with Gasteiger partial charge in [-0.25, -0.2) is 0 Å². The standard InChI is InChI=1S/C14H22N2OS/c1-3-18-13-7-5-12(6-8-13)10-16-14(17)9-4-11(2)15/h5-8,11H,3-4,9-10,15H2,1-2H3,(H,16,17). The van der Waals surface area contributed by atoms with Crippen molar-refractivity contribution in [2.45, 2.75) is 44.2 Å². The Labute approximate surface area is 114 Å². The molecule has 100 valence electrons. The number of thioether (sulfide) groups is 1. The quantitative estimate of drug-likeness (QED) is 0.746. The number of rotatable bonds is 7. The van der Waals surface area contributed by atoms with E-state index in [2.05, 4.69) is 36.5 Å². The maximum absolute atomic E-state index is 11.5. The van der Waals surface area contributed by atoms with Gasteiger partial charge in [0.05, 0.1) is 0 Å². The maximum atomic E-state index is 11.5. The van der Waals surface area contributed by atoms with Crippen molar-refractivity contribution in [3.05, 3.63) is 29.8 Å². The van der Waals surface area contributed by atoms with Crippen LogP contribution in [0.3, 0.4) is 0 Å². The van der Waals surface area contributed by atoms with Gasteiger partial charge in [-0.1, -0.05) is 19.1 Å². The van der Waals surface area contributed by atoms with Crippen LogP contribution < -0.4 is 11.1 Å². The molecule has 0 bridgehead atoms. The first-order valence-electron chi connectivity index (χ1n) is 6.35. The first kappa shape index (κ1) is 15.1. The molecule has 18 heavy (non-hydrogen) atoms. The molecule has 4 heteroatoms. The van der Waals surface area contributed by atoms with Crippen LogP contribution >= 0.6 is 11.8 Å². The summed E-state index contributed by atoms with van der Waals surface area (Å²) in [5, 5.41) is 2.90. The van der Waals surface area contributed by atoms with Gasteiger partial charge in [-0.2, -0.15) is 0 Å². The summed E-state index contributed by atoms with van der Waals surface area (Å²) in [6, 6.07) is 8.39. The van der Waals surface area contributed by atoms with Crippen LogP contribution in [-0.4, -0.2) is 17.7 Å². The zero-order valence-electron chi connectivity index (χ0n) is 11.1. The van der Waals surface area contributed by atoms with E-state index < -0.39 is 0 Å². The molecule has 0 saturated heterocycles. The lowest BCUT2D eigenvalue weighted by Crippen LogP contribution is -2.25. The van der Waals surface area contributed by atoms with Crippen molar-refractivity contribution in [3.8, 4) is 0 Å². The molecule has 3 nitrogen and oxygen atoms in total. The van der Waals surface area contributed by atoms with Crippen LogP contribution in [-0.2, 0) is 11.3 Å².